The van der Waals surface area contributed by atoms with Crippen molar-refractivity contribution in [3.8, 4) is 0 Å². The van der Waals surface area contributed by atoms with Gasteiger partial charge in [-0.25, -0.2) is 0 Å². The van der Waals surface area contributed by atoms with Crippen LogP contribution in [0.1, 0.15) is 19.8 Å². The minimum Gasteiger partial charge on any atom is -0.465 e. The first-order valence-corrected chi connectivity index (χ1v) is 5.18. The Labute approximate surface area is 83.2 Å². The molecule has 0 radical (unpaired) electrons. The van der Waals surface area contributed by atoms with Crippen molar-refractivity contribution in [2.24, 2.45) is 5.92 Å². The fourth-order valence-electron chi connectivity index (χ4n) is 2.36. The first kappa shape index (κ1) is 9.65. The van der Waals surface area contributed by atoms with E-state index >= 15 is 0 Å². The molecule has 0 aromatic heterocycles. The van der Waals surface area contributed by atoms with Crippen LogP contribution in [-0.4, -0.2) is 42.4 Å². The molecular weight excluding hydrogens is 182 g/mol. The summed E-state index contributed by atoms with van der Waals surface area (Å²) in [5.74, 6) is -0.784. The van der Waals surface area contributed by atoms with E-state index in [1.165, 1.54) is 0 Å². The second kappa shape index (κ2) is 3.69. The maximum absolute atomic E-state index is 11.8. The van der Waals surface area contributed by atoms with E-state index in [9.17, 15) is 9.59 Å². The molecule has 0 spiro atoms. The molecule has 0 aromatic rings. The number of carbonyl (C=O) groups is 2. The van der Waals surface area contributed by atoms with Gasteiger partial charge in [0.1, 0.15) is 5.92 Å². The zero-order valence-corrected chi connectivity index (χ0v) is 8.36. The Hall–Kier alpha value is -0.900. The molecular formula is C10H15NO3. The van der Waals surface area contributed by atoms with Crippen LogP contribution in [0.25, 0.3) is 0 Å². The van der Waals surface area contributed by atoms with Crippen LogP contribution in [-0.2, 0) is 14.3 Å². The molecule has 2 atom stereocenters. The zero-order valence-electron chi connectivity index (χ0n) is 8.36. The summed E-state index contributed by atoms with van der Waals surface area (Å²) in [5.41, 5.74) is 0. The number of ketones is 1. The lowest BCUT2D eigenvalue weighted by atomic mass is 10.0. The predicted molar refractivity (Wildman–Crippen MR) is 49.7 cm³/mol. The van der Waals surface area contributed by atoms with Crippen LogP contribution >= 0.6 is 0 Å². The largest absolute Gasteiger partial charge is 0.465 e. The summed E-state index contributed by atoms with van der Waals surface area (Å²) < 4.78 is 4.88. The zero-order chi connectivity index (χ0) is 10.1. The molecule has 0 bridgehead atoms. The first-order chi connectivity index (χ1) is 6.74. The van der Waals surface area contributed by atoms with Gasteiger partial charge in [0.15, 0.2) is 5.78 Å². The molecule has 78 valence electrons. The van der Waals surface area contributed by atoms with Gasteiger partial charge in [-0.1, -0.05) is 0 Å². The number of nitrogens with zero attached hydrogens (tertiary/aromatic N) is 1. The molecule has 0 aromatic carbocycles. The molecule has 4 heteroatoms. The van der Waals surface area contributed by atoms with Crippen molar-refractivity contribution >= 4 is 11.8 Å². The third kappa shape index (κ3) is 1.43. The molecule has 0 N–H and O–H groups in total. The maximum Gasteiger partial charge on any atom is 0.317 e. The lowest BCUT2D eigenvalue weighted by molar-refractivity contribution is -0.150. The second-order valence-electron chi connectivity index (χ2n) is 3.86. The van der Waals surface area contributed by atoms with Crippen LogP contribution in [0.4, 0.5) is 0 Å². The van der Waals surface area contributed by atoms with Crippen LogP contribution in [0.5, 0.6) is 0 Å². The van der Waals surface area contributed by atoms with E-state index in [0.717, 1.165) is 19.4 Å². The summed E-state index contributed by atoms with van der Waals surface area (Å²) in [6.45, 7) is 3.64. The van der Waals surface area contributed by atoms with E-state index in [-0.39, 0.29) is 17.8 Å². The second-order valence-corrected chi connectivity index (χ2v) is 3.86. The molecule has 14 heavy (non-hydrogen) atoms. The smallest absolute Gasteiger partial charge is 0.317 e. The highest BCUT2D eigenvalue weighted by atomic mass is 16.5. The third-order valence-corrected chi connectivity index (χ3v) is 3.02. The Morgan fingerprint density at radius 2 is 2.43 bits per heavy atom. The number of Topliss-reactive ketones (excluding diaryl/α,β-unsaturated/α-hetero) is 1. The van der Waals surface area contributed by atoms with Gasteiger partial charge in [-0.3, -0.25) is 14.5 Å². The number of carbonyl (C=O) groups excluding carboxylic acids is 2. The molecule has 0 aliphatic carbocycles. The van der Waals surface area contributed by atoms with E-state index in [1.54, 1.807) is 6.92 Å². The molecule has 2 aliphatic rings. The van der Waals surface area contributed by atoms with Gasteiger partial charge in [-0.2, -0.15) is 0 Å². The van der Waals surface area contributed by atoms with E-state index in [2.05, 4.69) is 4.90 Å². The van der Waals surface area contributed by atoms with Crippen molar-refractivity contribution in [2.75, 3.05) is 19.7 Å². The van der Waals surface area contributed by atoms with Gasteiger partial charge in [-0.15, -0.1) is 0 Å². The fourth-order valence-corrected chi connectivity index (χ4v) is 2.36. The molecule has 0 saturated carbocycles. The summed E-state index contributed by atoms with van der Waals surface area (Å²) in [6.07, 6.45) is 1.99. The van der Waals surface area contributed by atoms with E-state index in [0.29, 0.717) is 13.2 Å². The summed E-state index contributed by atoms with van der Waals surface area (Å²) in [4.78, 5) is 25.3. The van der Waals surface area contributed by atoms with E-state index in [1.807, 2.05) is 0 Å². The van der Waals surface area contributed by atoms with Crippen molar-refractivity contribution in [3.63, 3.8) is 0 Å². The standard InChI is InChI=1S/C10H15NO3/c1-2-14-10(13)7-6-11-5-3-4-8(11)9(7)12/h7-8H,2-6H2,1H3. The Balaban J connectivity index is 2.03. The van der Waals surface area contributed by atoms with E-state index < -0.39 is 5.92 Å². The summed E-state index contributed by atoms with van der Waals surface area (Å²) in [5, 5.41) is 0. The van der Waals surface area contributed by atoms with Gasteiger partial charge in [0, 0.05) is 6.54 Å². The quantitative estimate of drug-likeness (QED) is 0.469. The summed E-state index contributed by atoms with van der Waals surface area (Å²) in [7, 11) is 0. The normalized spacial score (nSPS) is 31.9. The number of ether oxygens (including phenoxy) is 1. The highest BCUT2D eigenvalue weighted by Gasteiger charge is 2.46. The molecule has 2 fully saturated rings. The number of fused-ring (bicyclic) bond motifs is 1. The third-order valence-electron chi connectivity index (χ3n) is 3.02. The van der Waals surface area contributed by atoms with Crippen LogP contribution in [0.3, 0.4) is 0 Å². The maximum atomic E-state index is 11.8. The Morgan fingerprint density at radius 3 is 3.07 bits per heavy atom. The molecule has 2 unspecified atom stereocenters. The van der Waals surface area contributed by atoms with Gasteiger partial charge in [0.25, 0.3) is 0 Å². The van der Waals surface area contributed by atoms with Crippen molar-refractivity contribution < 1.29 is 14.3 Å². The van der Waals surface area contributed by atoms with Crippen LogP contribution < -0.4 is 0 Å². The van der Waals surface area contributed by atoms with Crippen LogP contribution in [0.2, 0.25) is 0 Å². The summed E-state index contributed by atoms with van der Waals surface area (Å²) >= 11 is 0. The average molecular weight is 197 g/mol. The fraction of sp³-hybridized carbons (Fsp3) is 0.800. The van der Waals surface area contributed by atoms with E-state index in [4.69, 9.17) is 4.74 Å². The topological polar surface area (TPSA) is 46.6 Å². The van der Waals surface area contributed by atoms with Crippen LogP contribution in [0.15, 0.2) is 0 Å². The SMILES string of the molecule is CCOC(=O)C1CN2CCCC2C1=O. The van der Waals surface area contributed by atoms with Gasteiger partial charge in [0.2, 0.25) is 0 Å². The van der Waals surface area contributed by atoms with Gasteiger partial charge in [-0.05, 0) is 26.3 Å². The number of hydrogen-bond donors (Lipinski definition) is 0. The van der Waals surface area contributed by atoms with Crippen LogP contribution in [0, 0.1) is 5.92 Å². The molecule has 2 saturated heterocycles. The molecule has 4 nitrogen and oxygen atoms in total. The van der Waals surface area contributed by atoms with Crippen molar-refractivity contribution in [3.05, 3.63) is 0 Å². The average Bonchev–Trinajstić information content (AvgIpc) is 2.69. The Bertz CT molecular complexity index is 264. The minimum absolute atomic E-state index is 0.00408. The van der Waals surface area contributed by atoms with Crippen molar-refractivity contribution in [2.45, 2.75) is 25.8 Å². The molecule has 2 aliphatic heterocycles. The summed E-state index contributed by atoms with van der Waals surface area (Å²) in [6, 6.07) is 0.00408. The molecule has 2 rings (SSSR count). The lowest BCUT2D eigenvalue weighted by Crippen LogP contribution is -2.27. The Kier molecular flexibility index (Phi) is 2.54. The highest BCUT2D eigenvalue weighted by Crippen LogP contribution is 2.29. The predicted octanol–water partition coefficient (Wildman–Crippen LogP) is 0.213. The molecule has 2 heterocycles. The lowest BCUT2D eigenvalue weighted by Gasteiger charge is -2.10. The first-order valence-electron chi connectivity index (χ1n) is 5.18. The van der Waals surface area contributed by atoms with Gasteiger partial charge >= 0.3 is 5.97 Å². The Morgan fingerprint density at radius 1 is 1.64 bits per heavy atom. The highest BCUT2D eigenvalue weighted by molar-refractivity contribution is 6.03. The number of esters is 1. The molecule has 0 amide bonds. The minimum atomic E-state index is -0.514. The monoisotopic (exact) mass is 197 g/mol. The number of rotatable bonds is 2. The van der Waals surface area contributed by atoms with Crippen molar-refractivity contribution in [1.29, 1.82) is 0 Å². The van der Waals surface area contributed by atoms with Crippen molar-refractivity contribution in [1.82, 2.24) is 4.90 Å². The van der Waals surface area contributed by atoms with Gasteiger partial charge < -0.3 is 4.74 Å². The van der Waals surface area contributed by atoms with Gasteiger partial charge in [0.05, 0.1) is 12.6 Å². The number of hydrogen-bond acceptors (Lipinski definition) is 4.